The minimum atomic E-state index is -0.902. The summed E-state index contributed by atoms with van der Waals surface area (Å²) in [6, 6.07) is 5.74. The van der Waals surface area contributed by atoms with Crippen molar-refractivity contribution in [2.45, 2.75) is 6.42 Å². The quantitative estimate of drug-likeness (QED) is 0.741. The van der Waals surface area contributed by atoms with Gasteiger partial charge in [0, 0.05) is 45.8 Å². The molecule has 23 heavy (non-hydrogen) atoms. The molecule has 0 saturated carbocycles. The van der Waals surface area contributed by atoms with E-state index in [1.165, 1.54) is 7.05 Å². The van der Waals surface area contributed by atoms with Gasteiger partial charge in [-0.15, -0.1) is 0 Å². The molecule has 1 aromatic heterocycles. The smallest absolute Gasteiger partial charge is 0.253 e. The molecular weight excluding hydrogens is 298 g/mol. The topological polar surface area (TPSA) is 85.8 Å². The van der Waals surface area contributed by atoms with Crippen LogP contribution in [0.25, 0.3) is 0 Å². The maximum atomic E-state index is 12.3. The molecular formula is C15H19N5O3. The van der Waals surface area contributed by atoms with E-state index in [1.54, 1.807) is 11.1 Å². The molecule has 1 N–H and O–H groups in total. The highest BCUT2D eigenvalue weighted by molar-refractivity contribution is 6.07. The molecule has 2 aliphatic rings. The highest BCUT2D eigenvalue weighted by Gasteiger charge is 2.39. The summed E-state index contributed by atoms with van der Waals surface area (Å²) in [5.41, 5.74) is 2.41. The summed E-state index contributed by atoms with van der Waals surface area (Å²) in [4.78, 5) is 44.0. The van der Waals surface area contributed by atoms with Crippen molar-refractivity contribution in [2.24, 2.45) is 5.92 Å². The van der Waals surface area contributed by atoms with Gasteiger partial charge in [0.1, 0.15) is 11.7 Å². The van der Waals surface area contributed by atoms with Gasteiger partial charge in [-0.25, -0.2) is 4.98 Å². The molecule has 0 spiro atoms. The Bertz CT molecular complexity index is 613. The number of carbonyl (C=O) groups excluding carboxylic acids is 3. The number of hydrogen-bond donors (Lipinski definition) is 1. The fourth-order valence-electron chi connectivity index (χ4n) is 2.85. The zero-order valence-electron chi connectivity index (χ0n) is 12.9. The summed E-state index contributed by atoms with van der Waals surface area (Å²) in [5.74, 6) is -0.921. The number of aromatic nitrogens is 1. The van der Waals surface area contributed by atoms with E-state index >= 15 is 0 Å². The monoisotopic (exact) mass is 317 g/mol. The predicted octanol–water partition coefficient (Wildman–Crippen LogP) is -0.760. The number of nitrogens with zero attached hydrogens (tertiary/aromatic N) is 4. The average Bonchev–Trinajstić information content (AvgIpc) is 2.82. The summed E-state index contributed by atoms with van der Waals surface area (Å²) >= 11 is 0. The Balaban J connectivity index is 1.55. The van der Waals surface area contributed by atoms with Gasteiger partial charge < -0.3 is 9.80 Å². The van der Waals surface area contributed by atoms with Crippen LogP contribution in [0.2, 0.25) is 0 Å². The van der Waals surface area contributed by atoms with Gasteiger partial charge in [0.25, 0.3) is 11.8 Å². The summed E-state index contributed by atoms with van der Waals surface area (Å²) in [6.07, 6.45) is 1.67. The van der Waals surface area contributed by atoms with Crippen LogP contribution in [0.3, 0.4) is 0 Å². The summed E-state index contributed by atoms with van der Waals surface area (Å²) in [5, 5.41) is 1.14. The minimum absolute atomic E-state index is 0.0708. The summed E-state index contributed by atoms with van der Waals surface area (Å²) < 4.78 is 0. The fraction of sp³-hybridized carbons (Fsp3) is 0.467. The van der Waals surface area contributed by atoms with Crippen LogP contribution in [0, 0.1) is 5.92 Å². The second-order valence-electron chi connectivity index (χ2n) is 5.69. The molecule has 3 amide bonds. The van der Waals surface area contributed by atoms with Crippen LogP contribution in [0.4, 0.5) is 5.82 Å². The Hall–Kier alpha value is -2.64. The molecule has 1 aromatic rings. The lowest BCUT2D eigenvalue weighted by Crippen LogP contribution is -2.49. The van der Waals surface area contributed by atoms with E-state index in [0.717, 1.165) is 10.8 Å². The number of carbonyl (C=O) groups is 3. The molecule has 8 nitrogen and oxygen atoms in total. The van der Waals surface area contributed by atoms with E-state index in [-0.39, 0.29) is 18.2 Å². The molecule has 1 unspecified atom stereocenters. The van der Waals surface area contributed by atoms with Crippen molar-refractivity contribution in [3.63, 3.8) is 0 Å². The van der Waals surface area contributed by atoms with E-state index in [2.05, 4.69) is 15.3 Å². The molecule has 3 heterocycles. The second kappa shape index (κ2) is 6.23. The number of hydrazine groups is 1. The number of amides is 3. The third kappa shape index (κ3) is 3.10. The molecule has 2 aliphatic heterocycles. The molecule has 0 radical (unpaired) electrons. The van der Waals surface area contributed by atoms with E-state index in [0.29, 0.717) is 26.2 Å². The zero-order valence-corrected chi connectivity index (χ0v) is 12.9. The molecule has 122 valence electrons. The fourth-order valence-corrected chi connectivity index (χ4v) is 2.85. The van der Waals surface area contributed by atoms with Crippen LogP contribution in [-0.2, 0) is 14.4 Å². The van der Waals surface area contributed by atoms with Gasteiger partial charge in [-0.05, 0) is 12.1 Å². The predicted molar refractivity (Wildman–Crippen MR) is 82.0 cm³/mol. The van der Waals surface area contributed by atoms with E-state index < -0.39 is 11.8 Å². The molecule has 3 rings (SSSR count). The van der Waals surface area contributed by atoms with E-state index in [9.17, 15) is 14.4 Å². The third-order valence-corrected chi connectivity index (χ3v) is 4.21. The minimum Gasteiger partial charge on any atom is -0.353 e. The van der Waals surface area contributed by atoms with Gasteiger partial charge >= 0.3 is 0 Å². The molecule has 0 bridgehead atoms. The van der Waals surface area contributed by atoms with Gasteiger partial charge in [-0.3, -0.25) is 24.8 Å². The maximum absolute atomic E-state index is 12.3. The van der Waals surface area contributed by atoms with Crippen molar-refractivity contribution in [3.8, 4) is 0 Å². The van der Waals surface area contributed by atoms with Crippen molar-refractivity contribution in [1.82, 2.24) is 20.3 Å². The Morgan fingerprint density at radius 3 is 2.57 bits per heavy atom. The average molecular weight is 317 g/mol. The van der Waals surface area contributed by atoms with Crippen LogP contribution < -0.4 is 10.3 Å². The molecule has 8 heteroatoms. The largest absolute Gasteiger partial charge is 0.353 e. The molecule has 0 aliphatic carbocycles. The zero-order chi connectivity index (χ0) is 16.4. The van der Waals surface area contributed by atoms with Crippen molar-refractivity contribution < 1.29 is 14.4 Å². The number of pyridine rings is 1. The van der Waals surface area contributed by atoms with Crippen LogP contribution in [0.15, 0.2) is 24.4 Å². The molecule has 1 atom stereocenters. The Labute approximate surface area is 134 Å². The number of anilines is 1. The lowest BCUT2D eigenvalue weighted by molar-refractivity contribution is -0.139. The first kappa shape index (κ1) is 15.3. The van der Waals surface area contributed by atoms with Gasteiger partial charge in [0.2, 0.25) is 5.91 Å². The maximum Gasteiger partial charge on any atom is 0.253 e. The highest BCUT2D eigenvalue weighted by atomic mass is 16.2. The van der Waals surface area contributed by atoms with Crippen LogP contribution in [0.5, 0.6) is 0 Å². The molecule has 0 aromatic carbocycles. The highest BCUT2D eigenvalue weighted by Crippen LogP contribution is 2.17. The van der Waals surface area contributed by atoms with Crippen LogP contribution >= 0.6 is 0 Å². The lowest BCUT2D eigenvalue weighted by atomic mass is 10.0. The van der Waals surface area contributed by atoms with Crippen molar-refractivity contribution in [3.05, 3.63) is 24.4 Å². The summed E-state index contributed by atoms with van der Waals surface area (Å²) in [6.45, 7) is 2.50. The van der Waals surface area contributed by atoms with Crippen molar-refractivity contribution in [2.75, 3.05) is 38.1 Å². The van der Waals surface area contributed by atoms with Crippen LogP contribution in [0.1, 0.15) is 6.42 Å². The molecule has 2 fully saturated rings. The van der Waals surface area contributed by atoms with E-state index in [4.69, 9.17) is 0 Å². The van der Waals surface area contributed by atoms with Crippen LogP contribution in [-0.4, -0.2) is 65.8 Å². The van der Waals surface area contributed by atoms with Gasteiger partial charge in [-0.1, -0.05) is 6.07 Å². The SMILES string of the molecule is CN1NC(=O)C(CC(=O)N2CCN(c3ccccn3)CC2)C1=O. The van der Waals surface area contributed by atoms with Crippen molar-refractivity contribution >= 4 is 23.5 Å². The van der Waals surface area contributed by atoms with Gasteiger partial charge in [0.05, 0.1) is 0 Å². The molecule has 2 saturated heterocycles. The van der Waals surface area contributed by atoms with Gasteiger partial charge in [-0.2, -0.15) is 0 Å². The summed E-state index contributed by atoms with van der Waals surface area (Å²) in [7, 11) is 1.48. The number of rotatable bonds is 3. The number of hydrogen-bond acceptors (Lipinski definition) is 5. The lowest BCUT2D eigenvalue weighted by Gasteiger charge is -2.35. The van der Waals surface area contributed by atoms with E-state index in [1.807, 2.05) is 18.2 Å². The first-order valence-electron chi connectivity index (χ1n) is 7.58. The number of piperazine rings is 1. The third-order valence-electron chi connectivity index (χ3n) is 4.21. The first-order chi connectivity index (χ1) is 11.1. The Kier molecular flexibility index (Phi) is 4.14. The van der Waals surface area contributed by atoms with Gasteiger partial charge in [0.15, 0.2) is 0 Å². The Morgan fingerprint density at radius 2 is 2.00 bits per heavy atom. The second-order valence-corrected chi connectivity index (χ2v) is 5.69. The standard InChI is InChI=1S/C15H19N5O3/c1-18-15(23)11(14(22)17-18)10-13(21)20-8-6-19(7-9-20)12-4-2-3-5-16-12/h2-5,11H,6-10H2,1H3,(H,17,22). The Morgan fingerprint density at radius 1 is 1.26 bits per heavy atom. The number of nitrogens with one attached hydrogen (secondary N) is 1. The van der Waals surface area contributed by atoms with Crippen molar-refractivity contribution in [1.29, 1.82) is 0 Å². The normalized spacial score (nSPS) is 21.6. The first-order valence-corrected chi connectivity index (χ1v) is 7.58.